The molecule has 0 saturated carbocycles. The number of hydrogen-bond donors (Lipinski definition) is 2. The number of hydrogen-bond acceptors (Lipinski definition) is 5. The van der Waals surface area contributed by atoms with Gasteiger partial charge in [-0.05, 0) is 30.3 Å². The van der Waals surface area contributed by atoms with Crippen molar-refractivity contribution in [2.24, 2.45) is 5.73 Å². The second-order valence-corrected chi connectivity index (χ2v) is 5.28. The van der Waals surface area contributed by atoms with Crippen molar-refractivity contribution in [2.45, 2.75) is 0 Å². The number of nitrogens with one attached hydrogen (secondary N) is 1. The quantitative estimate of drug-likeness (QED) is 0.724. The number of rotatable bonds is 3. The van der Waals surface area contributed by atoms with Crippen molar-refractivity contribution < 1.29 is 0 Å². The highest BCUT2D eigenvalue weighted by atomic mass is 32.1. The Morgan fingerprint density at radius 1 is 1.16 bits per heavy atom. The molecule has 6 heteroatoms. The lowest BCUT2D eigenvalue weighted by atomic mass is 10.2. The summed E-state index contributed by atoms with van der Waals surface area (Å²) in [7, 11) is 0. The van der Waals surface area contributed by atoms with E-state index in [2.05, 4.69) is 21.4 Å². The van der Waals surface area contributed by atoms with Gasteiger partial charge in [0.1, 0.15) is 4.99 Å². The zero-order valence-electron chi connectivity index (χ0n) is 9.83. The van der Waals surface area contributed by atoms with Gasteiger partial charge in [0.25, 0.3) is 0 Å². The Labute approximate surface area is 119 Å². The molecule has 0 atom stereocenters. The summed E-state index contributed by atoms with van der Waals surface area (Å²) in [6.45, 7) is 0. The minimum Gasteiger partial charge on any atom is -0.388 e. The van der Waals surface area contributed by atoms with E-state index in [1.807, 2.05) is 23.7 Å². The summed E-state index contributed by atoms with van der Waals surface area (Å²) in [4.78, 5) is 8.74. The van der Waals surface area contributed by atoms with Gasteiger partial charge in [-0.1, -0.05) is 12.2 Å². The van der Waals surface area contributed by atoms with Gasteiger partial charge in [-0.25, -0.2) is 4.98 Å². The van der Waals surface area contributed by atoms with Crippen LogP contribution in [0.2, 0.25) is 0 Å². The highest BCUT2D eigenvalue weighted by Crippen LogP contribution is 2.24. The molecule has 3 rings (SSSR count). The zero-order chi connectivity index (χ0) is 13.2. The predicted molar refractivity (Wildman–Crippen MR) is 83.0 cm³/mol. The molecule has 4 nitrogen and oxygen atoms in total. The van der Waals surface area contributed by atoms with Crippen molar-refractivity contribution in [3.05, 3.63) is 47.7 Å². The average Bonchev–Trinajstić information content (AvgIpc) is 2.87. The largest absolute Gasteiger partial charge is 0.388 e. The topological polar surface area (TPSA) is 63.8 Å². The Kier molecular flexibility index (Phi) is 3.10. The van der Waals surface area contributed by atoms with Crippen LogP contribution in [0.3, 0.4) is 0 Å². The van der Waals surface area contributed by atoms with Crippen molar-refractivity contribution in [3.63, 3.8) is 0 Å². The number of nitrogens with two attached hydrogens (primary N) is 1. The van der Waals surface area contributed by atoms with E-state index in [1.54, 1.807) is 23.6 Å². The first-order valence-corrected chi connectivity index (χ1v) is 6.87. The summed E-state index contributed by atoms with van der Waals surface area (Å²) < 4.78 is 1.15. The molecule has 94 valence electrons. The molecule has 0 bridgehead atoms. The summed E-state index contributed by atoms with van der Waals surface area (Å²) in [5, 5.41) is 3.28. The fourth-order valence-corrected chi connectivity index (χ4v) is 2.55. The highest BCUT2D eigenvalue weighted by molar-refractivity contribution is 7.80. The number of aromatic nitrogens is 2. The number of pyridine rings is 1. The van der Waals surface area contributed by atoms with Crippen LogP contribution >= 0.6 is 23.6 Å². The van der Waals surface area contributed by atoms with E-state index >= 15 is 0 Å². The van der Waals surface area contributed by atoms with E-state index in [9.17, 15) is 0 Å². The third-order valence-electron chi connectivity index (χ3n) is 2.64. The van der Waals surface area contributed by atoms with Gasteiger partial charge in [0, 0.05) is 5.69 Å². The maximum absolute atomic E-state index is 5.51. The SMILES string of the molecule is NC(=S)c1ccc(Nc2ccc3ncsc3c2)cn1. The van der Waals surface area contributed by atoms with E-state index in [0.717, 1.165) is 21.6 Å². The van der Waals surface area contributed by atoms with Crippen molar-refractivity contribution in [1.29, 1.82) is 0 Å². The molecular weight excluding hydrogens is 276 g/mol. The molecule has 3 N–H and O–H groups in total. The minimum atomic E-state index is 0.303. The normalized spacial score (nSPS) is 10.5. The molecule has 19 heavy (non-hydrogen) atoms. The van der Waals surface area contributed by atoms with Crippen LogP contribution in [0.1, 0.15) is 5.69 Å². The highest BCUT2D eigenvalue weighted by Gasteiger charge is 2.01. The van der Waals surface area contributed by atoms with E-state index in [-0.39, 0.29) is 0 Å². The van der Waals surface area contributed by atoms with Crippen LogP contribution in [-0.2, 0) is 0 Å². The van der Waals surface area contributed by atoms with E-state index in [4.69, 9.17) is 18.0 Å². The molecule has 0 unspecified atom stereocenters. The molecule has 1 aromatic carbocycles. The van der Waals surface area contributed by atoms with Gasteiger partial charge in [-0.15, -0.1) is 11.3 Å². The number of thiazole rings is 1. The first-order chi connectivity index (χ1) is 9.22. The minimum absolute atomic E-state index is 0.303. The second-order valence-electron chi connectivity index (χ2n) is 3.96. The third kappa shape index (κ3) is 2.54. The van der Waals surface area contributed by atoms with Crippen LogP contribution in [0, 0.1) is 0 Å². The van der Waals surface area contributed by atoms with Crippen molar-refractivity contribution in [1.82, 2.24) is 9.97 Å². The molecule has 2 aromatic heterocycles. The van der Waals surface area contributed by atoms with E-state index < -0.39 is 0 Å². The second kappa shape index (κ2) is 4.91. The number of fused-ring (bicyclic) bond motifs is 1. The smallest absolute Gasteiger partial charge is 0.122 e. The number of anilines is 2. The lowest BCUT2D eigenvalue weighted by Gasteiger charge is -2.06. The Balaban J connectivity index is 1.85. The maximum atomic E-state index is 5.51. The summed E-state index contributed by atoms with van der Waals surface area (Å²) in [5.41, 5.74) is 10.9. The lowest BCUT2D eigenvalue weighted by molar-refractivity contribution is 1.29. The molecule has 0 aliphatic rings. The number of nitrogens with zero attached hydrogens (tertiary/aromatic N) is 2. The molecule has 3 aromatic rings. The Morgan fingerprint density at radius 2 is 2.00 bits per heavy atom. The molecule has 0 spiro atoms. The Bertz CT molecular complexity index is 734. The van der Waals surface area contributed by atoms with Crippen LogP contribution in [0.4, 0.5) is 11.4 Å². The van der Waals surface area contributed by atoms with Crippen LogP contribution < -0.4 is 11.1 Å². The summed E-state index contributed by atoms with van der Waals surface area (Å²) in [5.74, 6) is 0. The van der Waals surface area contributed by atoms with Gasteiger partial charge in [-0.2, -0.15) is 0 Å². The molecule has 0 aliphatic heterocycles. The monoisotopic (exact) mass is 286 g/mol. The first-order valence-electron chi connectivity index (χ1n) is 5.58. The van der Waals surface area contributed by atoms with Gasteiger partial charge in [0.2, 0.25) is 0 Å². The van der Waals surface area contributed by atoms with Gasteiger partial charge < -0.3 is 11.1 Å². The van der Waals surface area contributed by atoms with Crippen LogP contribution in [-0.4, -0.2) is 15.0 Å². The van der Waals surface area contributed by atoms with Crippen molar-refractivity contribution in [3.8, 4) is 0 Å². The predicted octanol–water partition coefficient (Wildman–Crippen LogP) is 3.07. The number of benzene rings is 1. The fraction of sp³-hybridized carbons (Fsp3) is 0. The Hall–Kier alpha value is -2.05. The first kappa shape index (κ1) is 12.0. The van der Waals surface area contributed by atoms with Crippen molar-refractivity contribution >= 4 is 50.1 Å². The van der Waals surface area contributed by atoms with Gasteiger partial charge in [-0.3, -0.25) is 4.98 Å². The van der Waals surface area contributed by atoms with Gasteiger partial charge in [0.05, 0.1) is 33.3 Å². The molecule has 0 fully saturated rings. The summed E-state index contributed by atoms with van der Waals surface area (Å²) >= 11 is 6.49. The van der Waals surface area contributed by atoms with E-state index in [1.165, 1.54) is 0 Å². The van der Waals surface area contributed by atoms with Gasteiger partial charge in [0.15, 0.2) is 0 Å². The summed E-state index contributed by atoms with van der Waals surface area (Å²) in [6, 6.07) is 9.75. The van der Waals surface area contributed by atoms with Crippen LogP contribution in [0.15, 0.2) is 42.0 Å². The molecule has 0 radical (unpaired) electrons. The van der Waals surface area contributed by atoms with Crippen LogP contribution in [0.25, 0.3) is 10.2 Å². The van der Waals surface area contributed by atoms with E-state index in [0.29, 0.717) is 10.7 Å². The standard InChI is InChI=1S/C13H10N4S2/c14-13(18)11-4-2-9(6-15-11)17-8-1-3-10-12(5-8)19-7-16-10/h1-7,17H,(H2,14,18). The molecular formula is C13H10N4S2. The number of thiocarbonyl (C=S) groups is 1. The fourth-order valence-electron chi connectivity index (χ4n) is 1.71. The zero-order valence-corrected chi connectivity index (χ0v) is 11.5. The molecule has 0 aliphatic carbocycles. The molecule has 0 saturated heterocycles. The average molecular weight is 286 g/mol. The summed E-state index contributed by atoms with van der Waals surface area (Å²) in [6.07, 6.45) is 1.71. The molecule has 2 heterocycles. The lowest BCUT2D eigenvalue weighted by Crippen LogP contribution is -2.11. The Morgan fingerprint density at radius 3 is 2.74 bits per heavy atom. The van der Waals surface area contributed by atoms with Crippen LogP contribution in [0.5, 0.6) is 0 Å². The van der Waals surface area contributed by atoms with Crippen molar-refractivity contribution in [2.75, 3.05) is 5.32 Å². The maximum Gasteiger partial charge on any atom is 0.122 e. The van der Waals surface area contributed by atoms with Gasteiger partial charge >= 0.3 is 0 Å². The molecule has 0 amide bonds. The third-order valence-corrected chi connectivity index (χ3v) is 3.64.